The van der Waals surface area contributed by atoms with E-state index in [1.165, 1.54) is 0 Å². The van der Waals surface area contributed by atoms with Gasteiger partial charge in [0.05, 0.1) is 0 Å². The lowest BCUT2D eigenvalue weighted by atomic mass is 10.1. The van der Waals surface area contributed by atoms with E-state index < -0.39 is 5.60 Å². The highest BCUT2D eigenvalue weighted by atomic mass is 16.6. The Morgan fingerprint density at radius 2 is 1.68 bits per heavy atom. The monoisotopic (exact) mass is 420 g/mol. The summed E-state index contributed by atoms with van der Waals surface area (Å²) < 4.78 is 5.45. The molecule has 0 radical (unpaired) electrons. The van der Waals surface area contributed by atoms with Gasteiger partial charge in [0, 0.05) is 60.2 Å². The Bertz CT molecular complexity index is 1070. The highest BCUT2D eigenvalue weighted by Gasteiger charge is 2.26. The van der Waals surface area contributed by atoms with E-state index in [1.54, 1.807) is 4.90 Å². The van der Waals surface area contributed by atoms with Crippen LogP contribution < -0.4 is 10.2 Å². The molecule has 0 saturated carbocycles. The quantitative estimate of drug-likeness (QED) is 0.655. The highest BCUT2D eigenvalue weighted by molar-refractivity contribution is 6.05. The molecule has 2 N–H and O–H groups in total. The largest absolute Gasteiger partial charge is 0.444 e. The Kier molecular flexibility index (Phi) is 5.59. The van der Waals surface area contributed by atoms with Crippen molar-refractivity contribution in [3.05, 3.63) is 60.3 Å². The number of aromatic amines is 1. The summed E-state index contributed by atoms with van der Waals surface area (Å²) in [7, 11) is 0. The molecule has 162 valence electrons. The number of hydrogen-bond acceptors (Lipinski definition) is 4. The second-order valence-corrected chi connectivity index (χ2v) is 8.74. The Labute approximate surface area is 182 Å². The van der Waals surface area contributed by atoms with Gasteiger partial charge in [-0.3, -0.25) is 4.79 Å². The third-order valence-electron chi connectivity index (χ3n) is 5.24. The summed E-state index contributed by atoms with van der Waals surface area (Å²) in [6, 6.07) is 15.3. The molecular weight excluding hydrogens is 392 g/mol. The zero-order chi connectivity index (χ0) is 22.0. The molecule has 0 spiro atoms. The minimum Gasteiger partial charge on any atom is -0.444 e. The molecule has 2 amide bonds. The number of hydrogen-bond donors (Lipinski definition) is 2. The van der Waals surface area contributed by atoms with Crippen molar-refractivity contribution >= 4 is 34.3 Å². The van der Waals surface area contributed by atoms with Crippen LogP contribution in [0.2, 0.25) is 0 Å². The van der Waals surface area contributed by atoms with Crippen molar-refractivity contribution < 1.29 is 14.3 Å². The predicted octanol–water partition coefficient (Wildman–Crippen LogP) is 4.48. The second-order valence-electron chi connectivity index (χ2n) is 8.74. The maximum atomic E-state index is 12.6. The number of benzene rings is 2. The highest BCUT2D eigenvalue weighted by Crippen LogP contribution is 2.21. The fourth-order valence-corrected chi connectivity index (χ4v) is 3.63. The molecule has 3 aromatic rings. The van der Waals surface area contributed by atoms with Crippen LogP contribution in [0, 0.1) is 0 Å². The maximum Gasteiger partial charge on any atom is 0.410 e. The molecule has 0 unspecified atom stereocenters. The van der Waals surface area contributed by atoms with Crippen LogP contribution in [0.3, 0.4) is 0 Å². The normalized spacial score (nSPS) is 14.5. The van der Waals surface area contributed by atoms with Crippen molar-refractivity contribution in [1.82, 2.24) is 9.88 Å². The number of fused-ring (bicyclic) bond motifs is 1. The lowest BCUT2D eigenvalue weighted by molar-refractivity contribution is 0.0240. The Morgan fingerprint density at radius 1 is 0.968 bits per heavy atom. The number of amides is 2. The van der Waals surface area contributed by atoms with E-state index in [0.717, 1.165) is 35.4 Å². The second kappa shape index (κ2) is 8.34. The summed E-state index contributed by atoms with van der Waals surface area (Å²) in [5.41, 5.74) is 2.95. The third kappa shape index (κ3) is 4.99. The van der Waals surface area contributed by atoms with Crippen molar-refractivity contribution in [1.29, 1.82) is 0 Å². The summed E-state index contributed by atoms with van der Waals surface area (Å²) in [6.07, 6.45) is 1.61. The Hall–Kier alpha value is -3.48. The average Bonchev–Trinajstić information content (AvgIpc) is 3.21. The van der Waals surface area contributed by atoms with Gasteiger partial charge in [0.25, 0.3) is 5.91 Å². The van der Waals surface area contributed by atoms with Crippen LogP contribution in [0.4, 0.5) is 16.2 Å². The minimum atomic E-state index is -0.488. The summed E-state index contributed by atoms with van der Waals surface area (Å²) in [5, 5.41) is 4.01. The van der Waals surface area contributed by atoms with Gasteiger partial charge in [0.2, 0.25) is 0 Å². The van der Waals surface area contributed by atoms with E-state index >= 15 is 0 Å². The Balaban J connectivity index is 1.34. The van der Waals surface area contributed by atoms with Crippen LogP contribution in [0.5, 0.6) is 0 Å². The van der Waals surface area contributed by atoms with Gasteiger partial charge >= 0.3 is 6.09 Å². The first-order valence-electron chi connectivity index (χ1n) is 10.5. The first-order valence-corrected chi connectivity index (χ1v) is 10.5. The number of anilines is 2. The van der Waals surface area contributed by atoms with Crippen LogP contribution in [0.25, 0.3) is 10.9 Å². The van der Waals surface area contributed by atoms with Gasteiger partial charge in [0.1, 0.15) is 5.60 Å². The van der Waals surface area contributed by atoms with Gasteiger partial charge in [-0.2, -0.15) is 0 Å². The molecule has 0 aliphatic carbocycles. The number of carbonyl (C=O) groups excluding carboxylic acids is 2. The van der Waals surface area contributed by atoms with Gasteiger partial charge in [-0.05, 0) is 69.3 Å². The van der Waals surface area contributed by atoms with E-state index in [2.05, 4.69) is 15.2 Å². The molecule has 4 rings (SSSR count). The lowest BCUT2D eigenvalue weighted by Gasteiger charge is -2.36. The molecule has 1 saturated heterocycles. The van der Waals surface area contributed by atoms with E-state index in [1.807, 2.05) is 75.5 Å². The number of nitrogens with one attached hydrogen (secondary N) is 2. The summed E-state index contributed by atoms with van der Waals surface area (Å²) >= 11 is 0. The van der Waals surface area contributed by atoms with E-state index in [-0.39, 0.29) is 12.0 Å². The first-order chi connectivity index (χ1) is 14.8. The number of ether oxygens (including phenoxy) is 1. The molecule has 0 bridgehead atoms. The van der Waals surface area contributed by atoms with Gasteiger partial charge < -0.3 is 24.8 Å². The van der Waals surface area contributed by atoms with Crippen molar-refractivity contribution in [2.45, 2.75) is 26.4 Å². The average molecular weight is 421 g/mol. The van der Waals surface area contributed by atoms with Crippen molar-refractivity contribution in [3.8, 4) is 0 Å². The fourth-order valence-electron chi connectivity index (χ4n) is 3.63. The smallest absolute Gasteiger partial charge is 0.410 e. The fraction of sp³-hybridized carbons (Fsp3) is 0.333. The minimum absolute atomic E-state index is 0.142. The Morgan fingerprint density at radius 3 is 2.35 bits per heavy atom. The SMILES string of the molecule is CC(C)(C)OC(=O)N1CCN(c2ccc(C(=O)Nc3ccc4[nH]ccc4c3)cc2)CC1. The number of H-pyrrole nitrogens is 1. The van der Waals surface area contributed by atoms with E-state index in [0.29, 0.717) is 18.7 Å². The molecule has 1 aliphatic rings. The van der Waals surface area contributed by atoms with Gasteiger partial charge in [-0.15, -0.1) is 0 Å². The summed E-state index contributed by atoms with van der Waals surface area (Å²) in [6.45, 7) is 8.28. The zero-order valence-electron chi connectivity index (χ0n) is 18.1. The van der Waals surface area contributed by atoms with Gasteiger partial charge in [0.15, 0.2) is 0 Å². The van der Waals surface area contributed by atoms with Crippen LogP contribution in [0.15, 0.2) is 54.7 Å². The molecule has 7 nitrogen and oxygen atoms in total. The molecular formula is C24H28N4O3. The molecule has 0 atom stereocenters. The van der Waals surface area contributed by atoms with Gasteiger partial charge in [-0.1, -0.05) is 0 Å². The molecule has 1 fully saturated rings. The molecule has 2 aromatic carbocycles. The van der Waals surface area contributed by atoms with Gasteiger partial charge in [-0.25, -0.2) is 4.79 Å². The molecule has 31 heavy (non-hydrogen) atoms. The third-order valence-corrected chi connectivity index (χ3v) is 5.24. The van der Waals surface area contributed by atoms with E-state index in [9.17, 15) is 9.59 Å². The van der Waals surface area contributed by atoms with Crippen LogP contribution in [0.1, 0.15) is 31.1 Å². The molecule has 1 aliphatic heterocycles. The van der Waals surface area contributed by atoms with Crippen molar-refractivity contribution in [2.75, 3.05) is 36.4 Å². The number of nitrogens with zero attached hydrogens (tertiary/aromatic N) is 2. The van der Waals surface area contributed by atoms with Crippen molar-refractivity contribution in [3.63, 3.8) is 0 Å². The topological polar surface area (TPSA) is 77.7 Å². The number of aromatic nitrogens is 1. The molecule has 2 heterocycles. The summed E-state index contributed by atoms with van der Waals surface area (Å²) in [5.74, 6) is -0.142. The number of piperazine rings is 1. The predicted molar refractivity (Wildman–Crippen MR) is 123 cm³/mol. The first kappa shape index (κ1) is 20.8. The van der Waals surface area contributed by atoms with E-state index in [4.69, 9.17) is 4.74 Å². The van der Waals surface area contributed by atoms with Crippen LogP contribution in [-0.4, -0.2) is 53.7 Å². The number of carbonyl (C=O) groups is 2. The lowest BCUT2D eigenvalue weighted by Crippen LogP contribution is -2.50. The molecule has 7 heteroatoms. The standard InChI is InChI=1S/C24H28N4O3/c1-24(2,3)31-23(30)28-14-12-27(13-15-28)20-7-4-17(5-8-20)22(29)26-19-6-9-21-18(16-19)10-11-25-21/h4-11,16,25H,12-15H2,1-3H3,(H,26,29). The summed E-state index contributed by atoms with van der Waals surface area (Å²) in [4.78, 5) is 31.9. The number of rotatable bonds is 3. The zero-order valence-corrected chi connectivity index (χ0v) is 18.1. The molecule has 1 aromatic heterocycles. The maximum absolute atomic E-state index is 12.6. The van der Waals surface area contributed by atoms with Crippen molar-refractivity contribution in [2.24, 2.45) is 0 Å². The van der Waals surface area contributed by atoms with Crippen LogP contribution in [-0.2, 0) is 4.74 Å². The van der Waals surface area contributed by atoms with Crippen LogP contribution >= 0.6 is 0 Å².